The van der Waals surface area contributed by atoms with Gasteiger partial charge in [-0.25, -0.2) is 5.43 Å². The lowest BCUT2D eigenvalue weighted by Gasteiger charge is -2.19. The number of non-ortho nitro benzene ring substituents is 1. The highest BCUT2D eigenvalue weighted by molar-refractivity contribution is 6.06. The molecular formula is C19H18N4O6. The standard InChI is InChI=1S/C19H18N4O6/c1-12(21-22-19(25)13-2-5-15(6-3-13)23(26)27)10-18(24)20-14-4-7-16-17(11-14)29-9-8-28-16/h2-7,11H,8-10H2,1H3,(H,20,24)(H,22,25)/b21-12-. The van der Waals surface area contributed by atoms with Gasteiger partial charge in [-0.1, -0.05) is 0 Å². The molecule has 1 aliphatic rings. The fourth-order valence-electron chi connectivity index (χ4n) is 2.54. The summed E-state index contributed by atoms with van der Waals surface area (Å²) in [5, 5.41) is 17.2. The van der Waals surface area contributed by atoms with Gasteiger partial charge in [0.2, 0.25) is 5.91 Å². The molecular weight excluding hydrogens is 380 g/mol. The molecule has 0 bridgehead atoms. The number of fused-ring (bicyclic) bond motifs is 1. The molecule has 2 N–H and O–H groups in total. The van der Waals surface area contributed by atoms with Crippen molar-refractivity contribution in [2.75, 3.05) is 18.5 Å². The second-order valence-electron chi connectivity index (χ2n) is 6.18. The zero-order valence-corrected chi connectivity index (χ0v) is 15.5. The highest BCUT2D eigenvalue weighted by Crippen LogP contribution is 2.32. The first kappa shape index (κ1) is 19.8. The molecule has 2 aromatic carbocycles. The highest BCUT2D eigenvalue weighted by Gasteiger charge is 2.13. The minimum atomic E-state index is -0.551. The molecule has 0 atom stereocenters. The van der Waals surface area contributed by atoms with Gasteiger partial charge in [0.25, 0.3) is 11.6 Å². The van der Waals surface area contributed by atoms with Crippen molar-refractivity contribution in [2.45, 2.75) is 13.3 Å². The average Bonchev–Trinajstić information content (AvgIpc) is 2.72. The second kappa shape index (κ2) is 8.83. The summed E-state index contributed by atoms with van der Waals surface area (Å²) in [6, 6.07) is 10.2. The highest BCUT2D eigenvalue weighted by atomic mass is 16.6. The monoisotopic (exact) mass is 398 g/mol. The summed E-state index contributed by atoms with van der Waals surface area (Å²) in [5.41, 5.74) is 3.36. The molecule has 3 rings (SSSR count). The molecule has 150 valence electrons. The number of hydrazone groups is 1. The van der Waals surface area contributed by atoms with Crippen molar-refractivity contribution in [3.8, 4) is 11.5 Å². The molecule has 0 radical (unpaired) electrons. The Morgan fingerprint density at radius 3 is 2.48 bits per heavy atom. The molecule has 0 saturated heterocycles. The number of hydrogen-bond donors (Lipinski definition) is 2. The van der Waals surface area contributed by atoms with Crippen molar-refractivity contribution < 1.29 is 24.0 Å². The maximum atomic E-state index is 12.2. The maximum Gasteiger partial charge on any atom is 0.271 e. The normalized spacial score (nSPS) is 12.8. The fraction of sp³-hybridized carbons (Fsp3) is 0.211. The van der Waals surface area contributed by atoms with Crippen LogP contribution >= 0.6 is 0 Å². The first-order chi connectivity index (χ1) is 13.9. The maximum absolute atomic E-state index is 12.2. The van der Waals surface area contributed by atoms with Crippen molar-refractivity contribution in [2.24, 2.45) is 5.10 Å². The number of carbonyl (C=O) groups is 2. The van der Waals surface area contributed by atoms with Crippen molar-refractivity contribution in [3.63, 3.8) is 0 Å². The van der Waals surface area contributed by atoms with Crippen molar-refractivity contribution in [3.05, 3.63) is 58.1 Å². The summed E-state index contributed by atoms with van der Waals surface area (Å²) in [6.45, 7) is 2.53. The fourth-order valence-corrected chi connectivity index (χ4v) is 2.54. The third-order valence-corrected chi connectivity index (χ3v) is 3.93. The topological polar surface area (TPSA) is 132 Å². The number of carbonyl (C=O) groups excluding carboxylic acids is 2. The molecule has 0 spiro atoms. The zero-order chi connectivity index (χ0) is 20.8. The van der Waals surface area contributed by atoms with E-state index in [4.69, 9.17) is 9.47 Å². The molecule has 10 nitrogen and oxygen atoms in total. The summed E-state index contributed by atoms with van der Waals surface area (Å²) < 4.78 is 10.9. The van der Waals surface area contributed by atoms with Crippen LogP contribution in [0, 0.1) is 10.1 Å². The van der Waals surface area contributed by atoms with Gasteiger partial charge in [0, 0.05) is 35.2 Å². The number of ether oxygens (including phenoxy) is 2. The van der Waals surface area contributed by atoms with E-state index in [9.17, 15) is 19.7 Å². The molecule has 0 saturated carbocycles. The number of nitrogens with one attached hydrogen (secondary N) is 2. The van der Waals surface area contributed by atoms with Gasteiger partial charge < -0.3 is 14.8 Å². The van der Waals surface area contributed by atoms with Crippen LogP contribution in [0.1, 0.15) is 23.7 Å². The first-order valence-electron chi connectivity index (χ1n) is 8.70. The van der Waals surface area contributed by atoms with Crippen LogP contribution in [0.2, 0.25) is 0 Å². The van der Waals surface area contributed by atoms with Crippen LogP contribution in [0.5, 0.6) is 11.5 Å². The van der Waals surface area contributed by atoms with E-state index in [1.54, 1.807) is 25.1 Å². The van der Waals surface area contributed by atoms with E-state index in [-0.39, 0.29) is 23.6 Å². The lowest BCUT2D eigenvalue weighted by Crippen LogP contribution is -2.21. The Morgan fingerprint density at radius 2 is 1.79 bits per heavy atom. The number of hydrogen-bond acceptors (Lipinski definition) is 7. The molecule has 0 unspecified atom stereocenters. The van der Waals surface area contributed by atoms with Crippen LogP contribution < -0.4 is 20.2 Å². The number of nitrogens with zero attached hydrogens (tertiary/aromatic N) is 2. The Kier molecular flexibility index (Phi) is 6.03. The van der Waals surface area contributed by atoms with Crippen LogP contribution in [-0.2, 0) is 4.79 Å². The van der Waals surface area contributed by atoms with Gasteiger partial charge in [-0.15, -0.1) is 0 Å². The van der Waals surface area contributed by atoms with Gasteiger partial charge in [-0.05, 0) is 31.2 Å². The van der Waals surface area contributed by atoms with E-state index >= 15 is 0 Å². The van der Waals surface area contributed by atoms with E-state index < -0.39 is 10.8 Å². The number of nitro groups is 1. The van der Waals surface area contributed by atoms with Gasteiger partial charge in [-0.3, -0.25) is 19.7 Å². The second-order valence-corrected chi connectivity index (χ2v) is 6.18. The summed E-state index contributed by atoms with van der Waals surface area (Å²) in [7, 11) is 0. The van der Waals surface area contributed by atoms with E-state index in [2.05, 4.69) is 15.8 Å². The first-order valence-corrected chi connectivity index (χ1v) is 8.70. The van der Waals surface area contributed by atoms with Crippen LogP contribution in [-0.4, -0.2) is 35.7 Å². The molecule has 1 heterocycles. The molecule has 10 heteroatoms. The minimum absolute atomic E-state index is 0.0328. The SMILES string of the molecule is C/C(CC(=O)Nc1ccc2c(c1)OCCO2)=N/NC(=O)c1ccc([N+](=O)[O-])cc1. The Hall–Kier alpha value is -3.95. The van der Waals surface area contributed by atoms with Gasteiger partial charge in [0.1, 0.15) is 13.2 Å². The number of amides is 2. The smallest absolute Gasteiger partial charge is 0.271 e. The lowest BCUT2D eigenvalue weighted by atomic mass is 10.2. The van der Waals surface area contributed by atoms with Gasteiger partial charge in [0.15, 0.2) is 11.5 Å². The quantitative estimate of drug-likeness (QED) is 0.436. The number of anilines is 1. The van der Waals surface area contributed by atoms with Crippen molar-refractivity contribution in [1.29, 1.82) is 0 Å². The average molecular weight is 398 g/mol. The summed E-state index contributed by atoms with van der Waals surface area (Å²) in [6.07, 6.45) is -0.0328. The largest absolute Gasteiger partial charge is 0.486 e. The van der Waals surface area contributed by atoms with E-state index in [1.165, 1.54) is 24.3 Å². The molecule has 0 fully saturated rings. The summed E-state index contributed by atoms with van der Waals surface area (Å²) in [5.74, 6) is 0.342. The number of benzene rings is 2. The van der Waals surface area contributed by atoms with Crippen LogP contribution in [0.4, 0.5) is 11.4 Å². The van der Waals surface area contributed by atoms with E-state index in [0.29, 0.717) is 36.1 Å². The van der Waals surface area contributed by atoms with Crippen LogP contribution in [0.25, 0.3) is 0 Å². The molecule has 0 aromatic heterocycles. The molecule has 2 amide bonds. The third-order valence-electron chi connectivity index (χ3n) is 3.93. The third kappa shape index (κ3) is 5.28. The number of nitro benzene ring substituents is 1. The van der Waals surface area contributed by atoms with Crippen LogP contribution in [0.3, 0.4) is 0 Å². The van der Waals surface area contributed by atoms with E-state index in [0.717, 1.165) is 0 Å². The predicted octanol–water partition coefficient (Wildman–Crippen LogP) is 2.50. The molecule has 2 aromatic rings. The van der Waals surface area contributed by atoms with E-state index in [1.807, 2.05) is 0 Å². The van der Waals surface area contributed by atoms with Crippen molar-refractivity contribution >= 4 is 28.9 Å². The van der Waals surface area contributed by atoms with Crippen LogP contribution in [0.15, 0.2) is 47.6 Å². The Morgan fingerprint density at radius 1 is 1.10 bits per heavy atom. The molecule has 1 aliphatic heterocycles. The Balaban J connectivity index is 1.53. The molecule has 29 heavy (non-hydrogen) atoms. The summed E-state index contributed by atoms with van der Waals surface area (Å²) >= 11 is 0. The predicted molar refractivity (Wildman–Crippen MR) is 104 cm³/mol. The Bertz CT molecular complexity index is 971. The summed E-state index contributed by atoms with van der Waals surface area (Å²) in [4.78, 5) is 34.3. The molecule has 0 aliphatic carbocycles. The van der Waals surface area contributed by atoms with Crippen molar-refractivity contribution in [1.82, 2.24) is 5.43 Å². The lowest BCUT2D eigenvalue weighted by molar-refractivity contribution is -0.384. The Labute approximate surface area is 165 Å². The van der Waals surface area contributed by atoms with Gasteiger partial charge in [0.05, 0.1) is 11.3 Å². The van der Waals surface area contributed by atoms with Gasteiger partial charge >= 0.3 is 0 Å². The van der Waals surface area contributed by atoms with Gasteiger partial charge in [-0.2, -0.15) is 5.10 Å². The number of rotatable bonds is 6. The minimum Gasteiger partial charge on any atom is -0.486 e. The zero-order valence-electron chi connectivity index (χ0n) is 15.5.